The first-order valence-corrected chi connectivity index (χ1v) is 15.8. The highest BCUT2D eigenvalue weighted by molar-refractivity contribution is 8.16. The number of ether oxygens (including phenoxy) is 2. The summed E-state index contributed by atoms with van der Waals surface area (Å²) in [6.07, 6.45) is 4.98. The normalized spacial score (nSPS) is 11.7. The van der Waals surface area contributed by atoms with Crippen molar-refractivity contribution in [3.63, 3.8) is 0 Å². The van der Waals surface area contributed by atoms with Crippen LogP contribution in [0.15, 0.2) is 56.8 Å². The van der Waals surface area contributed by atoms with E-state index in [0.29, 0.717) is 29.9 Å². The molecule has 0 aliphatic rings. The van der Waals surface area contributed by atoms with Crippen LogP contribution in [0.1, 0.15) is 66.4 Å². The van der Waals surface area contributed by atoms with Crippen molar-refractivity contribution >= 4 is 46.2 Å². The molecule has 7 nitrogen and oxygen atoms in total. The van der Waals surface area contributed by atoms with Crippen molar-refractivity contribution in [1.29, 1.82) is 0 Å². The Labute approximate surface area is 245 Å². The Balaban J connectivity index is 1.98. The molecule has 0 fully saturated rings. The van der Waals surface area contributed by atoms with Gasteiger partial charge in [0.15, 0.2) is 5.71 Å². The summed E-state index contributed by atoms with van der Waals surface area (Å²) in [5, 5.41) is 4.82. The van der Waals surface area contributed by atoms with Gasteiger partial charge in [0.05, 0.1) is 23.9 Å². The van der Waals surface area contributed by atoms with Crippen molar-refractivity contribution in [3.8, 4) is 5.75 Å². The largest absolute Gasteiger partial charge is 0.493 e. The molecular weight excluding hydrogens is 546 g/mol. The molecule has 3 aromatic rings. The number of oxime groups is 1. The Bertz CT molecular complexity index is 1340. The monoisotopic (exact) mass is 585 g/mol. The fourth-order valence-electron chi connectivity index (χ4n) is 4.24. The first-order valence-electron chi connectivity index (χ1n) is 13.7. The van der Waals surface area contributed by atoms with E-state index in [1.807, 2.05) is 66.8 Å². The van der Waals surface area contributed by atoms with Crippen molar-refractivity contribution in [3.05, 3.63) is 75.1 Å². The predicted octanol–water partition coefficient (Wildman–Crippen LogP) is 7.31. The molecule has 0 radical (unpaired) electrons. The van der Waals surface area contributed by atoms with Crippen LogP contribution in [0.5, 0.6) is 5.75 Å². The molecule has 0 aliphatic heterocycles. The second kappa shape index (κ2) is 16.4. The van der Waals surface area contributed by atoms with Gasteiger partial charge in [0.25, 0.3) is 0 Å². The van der Waals surface area contributed by atoms with Gasteiger partial charge in [0.2, 0.25) is 0 Å². The van der Waals surface area contributed by atoms with Crippen molar-refractivity contribution in [2.45, 2.75) is 57.5 Å². The van der Waals surface area contributed by atoms with E-state index in [0.717, 1.165) is 59.3 Å². The van der Waals surface area contributed by atoms with Gasteiger partial charge in [0.1, 0.15) is 18.4 Å². The summed E-state index contributed by atoms with van der Waals surface area (Å²) < 4.78 is 17.2. The maximum atomic E-state index is 12.5. The number of fused-ring (bicyclic) bond motifs is 1. The van der Waals surface area contributed by atoms with Crippen LogP contribution in [-0.2, 0) is 20.8 Å². The molecule has 0 amide bonds. The number of nitrogens with zero attached hydrogens (tertiary/aromatic N) is 1. The maximum absolute atomic E-state index is 12.5. The number of rotatable bonds is 16. The van der Waals surface area contributed by atoms with Gasteiger partial charge in [0, 0.05) is 23.4 Å². The van der Waals surface area contributed by atoms with E-state index in [1.54, 1.807) is 0 Å². The molecule has 0 saturated heterocycles. The number of unbranched alkanes of at least 4 members (excludes halogenated alkanes) is 2. The SMILES string of the molecule is CCCCSC(SCCCC)c1c(OCCc2ccccc2/C(=N\OC)C(=O)OC)ccc2c(C)cc(=O)oc12. The third-order valence-corrected chi connectivity index (χ3v) is 9.29. The number of esters is 1. The highest BCUT2D eigenvalue weighted by atomic mass is 32.2. The minimum absolute atomic E-state index is 0.0637. The van der Waals surface area contributed by atoms with E-state index in [4.69, 9.17) is 18.7 Å². The molecule has 0 saturated carbocycles. The average molecular weight is 586 g/mol. The molecule has 216 valence electrons. The number of methoxy groups -OCH3 is 1. The molecule has 0 bridgehead atoms. The van der Waals surface area contributed by atoms with Crippen LogP contribution in [-0.4, -0.2) is 44.0 Å². The van der Waals surface area contributed by atoms with Gasteiger partial charge in [-0.05, 0) is 54.5 Å². The maximum Gasteiger partial charge on any atom is 0.360 e. The number of benzene rings is 2. The van der Waals surface area contributed by atoms with Gasteiger partial charge >= 0.3 is 11.6 Å². The summed E-state index contributed by atoms with van der Waals surface area (Å²) in [6, 6.07) is 13.0. The average Bonchev–Trinajstić information content (AvgIpc) is 2.95. The highest BCUT2D eigenvalue weighted by Gasteiger charge is 2.24. The first-order chi connectivity index (χ1) is 19.4. The van der Waals surface area contributed by atoms with Crippen LogP contribution in [0.3, 0.4) is 0 Å². The van der Waals surface area contributed by atoms with Crippen LogP contribution in [0.2, 0.25) is 0 Å². The molecule has 3 rings (SSSR count). The lowest BCUT2D eigenvalue weighted by Crippen LogP contribution is -2.20. The number of carbonyl (C=O) groups excluding carboxylic acids is 1. The molecule has 1 heterocycles. The smallest absolute Gasteiger partial charge is 0.360 e. The number of hydrogen-bond acceptors (Lipinski definition) is 9. The third-order valence-electron chi connectivity index (χ3n) is 6.35. The fourth-order valence-corrected chi connectivity index (χ4v) is 7.33. The Morgan fingerprint density at radius 1 is 1.02 bits per heavy atom. The summed E-state index contributed by atoms with van der Waals surface area (Å²) >= 11 is 3.76. The summed E-state index contributed by atoms with van der Waals surface area (Å²) in [6.45, 7) is 6.66. The van der Waals surface area contributed by atoms with Gasteiger partial charge < -0.3 is 18.7 Å². The summed E-state index contributed by atoms with van der Waals surface area (Å²) in [5.74, 6) is 2.15. The summed E-state index contributed by atoms with van der Waals surface area (Å²) in [5.41, 5.74) is 3.65. The van der Waals surface area contributed by atoms with Crippen LogP contribution in [0.25, 0.3) is 11.0 Å². The van der Waals surface area contributed by atoms with E-state index < -0.39 is 5.97 Å². The molecule has 9 heteroatoms. The minimum Gasteiger partial charge on any atom is -0.493 e. The molecule has 0 spiro atoms. The van der Waals surface area contributed by atoms with E-state index in [2.05, 4.69) is 19.0 Å². The Morgan fingerprint density at radius 2 is 1.73 bits per heavy atom. The predicted molar refractivity (Wildman–Crippen MR) is 166 cm³/mol. The van der Waals surface area contributed by atoms with Crippen molar-refractivity contribution in [2.24, 2.45) is 5.16 Å². The van der Waals surface area contributed by atoms with E-state index >= 15 is 0 Å². The summed E-state index contributed by atoms with van der Waals surface area (Å²) in [4.78, 5) is 29.7. The molecule has 0 aliphatic carbocycles. The van der Waals surface area contributed by atoms with Gasteiger partial charge in [-0.1, -0.05) is 56.1 Å². The minimum atomic E-state index is -0.575. The standard InChI is InChI=1S/C31H39NO6S2/c1-6-8-18-39-31(40-19-9-7-2)27-25(15-14-23-21(3)20-26(33)38-29(23)27)37-17-16-22-12-10-11-13-24(22)28(32-36-5)30(34)35-4/h10-15,20,31H,6-9,16-19H2,1-5H3/b32-28+. The van der Waals surface area contributed by atoms with Crippen molar-refractivity contribution in [2.75, 3.05) is 32.3 Å². The van der Waals surface area contributed by atoms with Crippen molar-refractivity contribution in [1.82, 2.24) is 0 Å². The van der Waals surface area contributed by atoms with Gasteiger partial charge in [-0.25, -0.2) is 9.59 Å². The number of thioether (sulfide) groups is 2. The zero-order valence-electron chi connectivity index (χ0n) is 24.0. The van der Waals surface area contributed by atoms with Crippen LogP contribution >= 0.6 is 23.5 Å². The number of carbonyl (C=O) groups is 1. The third kappa shape index (κ3) is 8.30. The lowest BCUT2D eigenvalue weighted by Gasteiger charge is -2.22. The zero-order chi connectivity index (χ0) is 28.9. The van der Waals surface area contributed by atoms with E-state index in [9.17, 15) is 9.59 Å². The van der Waals surface area contributed by atoms with Gasteiger partial charge in [-0.15, -0.1) is 23.5 Å². The zero-order valence-corrected chi connectivity index (χ0v) is 25.6. The van der Waals surface area contributed by atoms with Gasteiger partial charge in [-0.2, -0.15) is 0 Å². The summed E-state index contributed by atoms with van der Waals surface area (Å²) in [7, 11) is 2.71. The second-order valence-electron chi connectivity index (χ2n) is 9.25. The molecule has 0 unspecified atom stereocenters. The first kappa shape index (κ1) is 31.6. The molecule has 0 N–H and O–H groups in total. The number of aryl methyl sites for hydroxylation is 1. The highest BCUT2D eigenvalue weighted by Crippen LogP contribution is 2.47. The van der Waals surface area contributed by atoms with Crippen LogP contribution in [0.4, 0.5) is 0 Å². The Hall–Kier alpha value is -2.91. The van der Waals surface area contributed by atoms with E-state index in [-0.39, 0.29) is 15.9 Å². The Morgan fingerprint density at radius 3 is 2.38 bits per heavy atom. The van der Waals surface area contributed by atoms with Crippen LogP contribution < -0.4 is 10.4 Å². The molecule has 1 aromatic heterocycles. The Kier molecular flexibility index (Phi) is 12.9. The van der Waals surface area contributed by atoms with E-state index in [1.165, 1.54) is 20.3 Å². The number of hydrogen-bond donors (Lipinski definition) is 0. The topological polar surface area (TPSA) is 87.3 Å². The molecule has 2 aromatic carbocycles. The van der Waals surface area contributed by atoms with Crippen molar-refractivity contribution < 1.29 is 23.5 Å². The molecular formula is C31H39NO6S2. The van der Waals surface area contributed by atoms with Gasteiger partial charge in [-0.3, -0.25) is 0 Å². The lowest BCUT2D eigenvalue weighted by atomic mass is 10.0. The lowest BCUT2D eigenvalue weighted by molar-refractivity contribution is -0.132. The quantitative estimate of drug-likeness (QED) is 0.0432. The van der Waals surface area contributed by atoms with Crippen LogP contribution in [0, 0.1) is 6.92 Å². The molecule has 40 heavy (non-hydrogen) atoms. The second-order valence-corrected chi connectivity index (χ2v) is 12.0. The molecule has 0 atom stereocenters. The fraction of sp³-hybridized carbons (Fsp3) is 0.452.